The molecule has 2 aromatic rings. The van der Waals surface area contributed by atoms with E-state index in [4.69, 9.17) is 4.74 Å². The zero-order chi connectivity index (χ0) is 18.7. The van der Waals surface area contributed by atoms with Crippen LogP contribution in [0.4, 0.5) is 0 Å². The van der Waals surface area contributed by atoms with E-state index in [9.17, 15) is 13.2 Å². The van der Waals surface area contributed by atoms with Crippen molar-refractivity contribution >= 4 is 16.0 Å². The molecule has 0 bridgehead atoms. The number of hydrogen-bond donors (Lipinski definition) is 0. The van der Waals surface area contributed by atoms with Gasteiger partial charge >= 0.3 is 5.97 Å². The highest BCUT2D eigenvalue weighted by molar-refractivity contribution is 7.89. The summed E-state index contributed by atoms with van der Waals surface area (Å²) in [6, 6.07) is 14.1. The second kappa shape index (κ2) is 7.60. The summed E-state index contributed by atoms with van der Waals surface area (Å²) in [7, 11) is -2.14. The van der Waals surface area contributed by atoms with Gasteiger partial charge in [0.15, 0.2) is 0 Å². The van der Waals surface area contributed by atoms with Crippen molar-refractivity contribution in [3.8, 4) is 0 Å². The van der Waals surface area contributed by atoms with E-state index in [0.29, 0.717) is 23.4 Å². The lowest BCUT2D eigenvalue weighted by Gasteiger charge is -2.24. The number of carbonyl (C=O) groups is 1. The fraction of sp³-hybridized carbons (Fsp3) is 0.350. The Labute approximate surface area is 154 Å². The van der Waals surface area contributed by atoms with Gasteiger partial charge in [0.2, 0.25) is 10.0 Å². The molecule has 0 amide bonds. The minimum Gasteiger partial charge on any atom is -0.465 e. The number of sulfonamides is 1. The van der Waals surface area contributed by atoms with Crippen LogP contribution in [0.2, 0.25) is 0 Å². The van der Waals surface area contributed by atoms with Crippen molar-refractivity contribution in [1.29, 1.82) is 0 Å². The maximum absolute atomic E-state index is 13.0. The van der Waals surface area contributed by atoms with E-state index >= 15 is 0 Å². The Morgan fingerprint density at radius 1 is 1.12 bits per heavy atom. The topological polar surface area (TPSA) is 63.7 Å². The highest BCUT2D eigenvalue weighted by atomic mass is 32.2. The number of nitrogens with zero attached hydrogens (tertiary/aromatic N) is 1. The SMILES string of the molecule is COC(=O)c1ccc(CC2CCCN2S(=O)(=O)c2ccc(C)cc2)cc1. The van der Waals surface area contributed by atoms with Gasteiger partial charge in [-0.15, -0.1) is 0 Å². The lowest BCUT2D eigenvalue weighted by Crippen LogP contribution is -2.36. The minimum atomic E-state index is -3.49. The largest absolute Gasteiger partial charge is 0.465 e. The summed E-state index contributed by atoms with van der Waals surface area (Å²) < 4.78 is 32.3. The van der Waals surface area contributed by atoms with Crippen LogP contribution in [0.15, 0.2) is 53.4 Å². The Hall–Kier alpha value is -2.18. The number of rotatable bonds is 5. The monoisotopic (exact) mass is 373 g/mol. The first kappa shape index (κ1) is 18.6. The van der Waals surface area contributed by atoms with Crippen LogP contribution in [0.5, 0.6) is 0 Å². The van der Waals surface area contributed by atoms with Gasteiger partial charge in [-0.25, -0.2) is 13.2 Å². The summed E-state index contributed by atoms with van der Waals surface area (Å²) in [5.74, 6) is -0.374. The molecule has 0 N–H and O–H groups in total. The summed E-state index contributed by atoms with van der Waals surface area (Å²) in [6.07, 6.45) is 2.33. The third kappa shape index (κ3) is 3.81. The van der Waals surface area contributed by atoms with Crippen LogP contribution in [0.25, 0.3) is 0 Å². The third-order valence-corrected chi connectivity index (χ3v) is 6.76. The van der Waals surface area contributed by atoms with Gasteiger partial charge in [-0.3, -0.25) is 0 Å². The van der Waals surface area contributed by atoms with Crippen molar-refractivity contribution in [1.82, 2.24) is 4.31 Å². The van der Waals surface area contributed by atoms with Gasteiger partial charge in [0.05, 0.1) is 17.6 Å². The quantitative estimate of drug-likeness (QED) is 0.755. The van der Waals surface area contributed by atoms with Crippen molar-refractivity contribution in [2.24, 2.45) is 0 Å². The maximum Gasteiger partial charge on any atom is 0.337 e. The number of carbonyl (C=O) groups excluding carboxylic acids is 1. The summed E-state index contributed by atoms with van der Waals surface area (Å²) >= 11 is 0. The van der Waals surface area contributed by atoms with Crippen LogP contribution in [0.3, 0.4) is 0 Å². The first-order valence-electron chi connectivity index (χ1n) is 8.67. The normalized spacial score (nSPS) is 18.0. The molecule has 138 valence electrons. The maximum atomic E-state index is 13.0. The lowest BCUT2D eigenvalue weighted by molar-refractivity contribution is 0.0600. The number of methoxy groups -OCH3 is 1. The Kier molecular flexibility index (Phi) is 5.44. The Morgan fingerprint density at radius 3 is 2.38 bits per heavy atom. The number of hydrogen-bond acceptors (Lipinski definition) is 4. The van der Waals surface area contributed by atoms with Gasteiger partial charge in [-0.2, -0.15) is 4.31 Å². The van der Waals surface area contributed by atoms with E-state index in [2.05, 4.69) is 0 Å². The van der Waals surface area contributed by atoms with E-state index < -0.39 is 10.0 Å². The molecule has 3 rings (SSSR count). The van der Waals surface area contributed by atoms with Gasteiger partial charge in [0, 0.05) is 12.6 Å². The summed E-state index contributed by atoms with van der Waals surface area (Å²) in [5, 5.41) is 0. The van der Waals surface area contributed by atoms with Gasteiger partial charge in [-0.1, -0.05) is 29.8 Å². The minimum absolute atomic E-state index is 0.0646. The summed E-state index contributed by atoms with van der Waals surface area (Å²) in [4.78, 5) is 11.9. The number of ether oxygens (including phenoxy) is 1. The fourth-order valence-electron chi connectivity index (χ4n) is 3.34. The first-order valence-corrected chi connectivity index (χ1v) is 10.1. The van der Waals surface area contributed by atoms with Gasteiger partial charge in [0.25, 0.3) is 0 Å². The summed E-state index contributed by atoms with van der Waals surface area (Å²) in [6.45, 7) is 2.48. The zero-order valence-electron chi connectivity index (χ0n) is 15.0. The van der Waals surface area contributed by atoms with Crippen molar-refractivity contribution in [2.45, 2.75) is 37.1 Å². The molecule has 0 aromatic heterocycles. The highest BCUT2D eigenvalue weighted by Crippen LogP contribution is 2.28. The van der Waals surface area contributed by atoms with Gasteiger partial charge < -0.3 is 4.74 Å². The second-order valence-electron chi connectivity index (χ2n) is 6.62. The molecule has 1 atom stereocenters. The molecular formula is C20H23NO4S. The summed E-state index contributed by atoms with van der Waals surface area (Å²) in [5.41, 5.74) is 2.54. The number of benzene rings is 2. The van der Waals surface area contributed by atoms with Crippen LogP contribution in [0.1, 0.15) is 34.3 Å². The molecule has 0 spiro atoms. The predicted octanol–water partition coefficient (Wildman–Crippen LogP) is 3.18. The molecule has 1 aliphatic rings. The molecule has 26 heavy (non-hydrogen) atoms. The lowest BCUT2D eigenvalue weighted by atomic mass is 10.0. The van der Waals surface area contributed by atoms with Crippen molar-refractivity contribution < 1.29 is 17.9 Å². The van der Waals surface area contributed by atoms with E-state index in [1.807, 2.05) is 31.2 Å². The van der Waals surface area contributed by atoms with Crippen LogP contribution in [-0.4, -0.2) is 38.4 Å². The Balaban J connectivity index is 1.78. The molecule has 1 heterocycles. The Morgan fingerprint density at radius 2 is 1.77 bits per heavy atom. The van der Waals surface area contributed by atoms with Gasteiger partial charge in [0.1, 0.15) is 0 Å². The average molecular weight is 373 g/mol. The zero-order valence-corrected chi connectivity index (χ0v) is 15.8. The molecule has 1 aliphatic heterocycles. The average Bonchev–Trinajstić information content (AvgIpc) is 3.11. The molecule has 2 aromatic carbocycles. The van der Waals surface area contributed by atoms with Crippen LogP contribution < -0.4 is 0 Å². The van der Waals surface area contributed by atoms with Crippen LogP contribution in [-0.2, 0) is 21.2 Å². The third-order valence-electron chi connectivity index (χ3n) is 4.80. The van der Waals surface area contributed by atoms with Crippen LogP contribution >= 0.6 is 0 Å². The molecule has 0 radical (unpaired) electrons. The van der Waals surface area contributed by atoms with E-state index in [1.54, 1.807) is 28.6 Å². The number of esters is 1. The smallest absolute Gasteiger partial charge is 0.337 e. The van der Waals surface area contributed by atoms with E-state index in [1.165, 1.54) is 7.11 Å². The van der Waals surface area contributed by atoms with E-state index in [-0.39, 0.29) is 12.0 Å². The molecule has 5 nitrogen and oxygen atoms in total. The molecule has 6 heteroatoms. The van der Waals surface area contributed by atoms with Crippen molar-refractivity contribution in [3.63, 3.8) is 0 Å². The molecule has 1 saturated heterocycles. The Bertz CT molecular complexity index is 873. The van der Waals surface area contributed by atoms with Gasteiger partial charge in [-0.05, 0) is 56.0 Å². The molecule has 1 fully saturated rings. The fourth-order valence-corrected chi connectivity index (χ4v) is 5.03. The number of aryl methyl sites for hydroxylation is 1. The first-order chi connectivity index (χ1) is 12.4. The molecule has 0 saturated carbocycles. The molecule has 1 unspecified atom stereocenters. The highest BCUT2D eigenvalue weighted by Gasteiger charge is 2.35. The van der Waals surface area contributed by atoms with Crippen molar-refractivity contribution in [2.75, 3.05) is 13.7 Å². The molecule has 0 aliphatic carbocycles. The van der Waals surface area contributed by atoms with E-state index in [0.717, 1.165) is 24.0 Å². The van der Waals surface area contributed by atoms with Crippen LogP contribution in [0, 0.1) is 6.92 Å². The van der Waals surface area contributed by atoms with Crippen molar-refractivity contribution in [3.05, 3.63) is 65.2 Å². The molecular weight excluding hydrogens is 350 g/mol. The standard InChI is InChI=1S/C20H23NO4S/c1-15-5-11-19(12-6-15)26(23,24)21-13-3-4-18(21)14-16-7-9-17(10-8-16)20(22)25-2/h5-12,18H,3-4,13-14H2,1-2H3. The predicted molar refractivity (Wildman–Crippen MR) is 99.6 cm³/mol. The second-order valence-corrected chi connectivity index (χ2v) is 8.51.